The minimum Gasteiger partial charge on any atom is -0.0648 e. The Morgan fingerprint density at radius 1 is 1.20 bits per heavy atom. The van der Waals surface area contributed by atoms with Crippen molar-refractivity contribution in [3.63, 3.8) is 0 Å². The summed E-state index contributed by atoms with van der Waals surface area (Å²) in [7, 11) is 0. The largest absolute Gasteiger partial charge is 0.0648 e. The molecule has 0 heteroatoms. The molecule has 0 nitrogen and oxygen atoms in total. The fourth-order valence-electron chi connectivity index (χ4n) is 2.03. The van der Waals surface area contributed by atoms with Crippen molar-refractivity contribution in [3.05, 3.63) is 54.4 Å². The van der Waals surface area contributed by atoms with E-state index < -0.39 is 0 Å². The zero-order valence-electron chi connectivity index (χ0n) is 9.46. The molecule has 0 spiro atoms. The second-order valence-electron chi connectivity index (χ2n) is 4.22. The third kappa shape index (κ3) is 1.90. The molecule has 77 valence electrons. The summed E-state index contributed by atoms with van der Waals surface area (Å²) in [6.07, 6.45) is 1.17. The van der Waals surface area contributed by atoms with Crippen molar-refractivity contribution in [1.82, 2.24) is 0 Å². The highest BCUT2D eigenvalue weighted by Crippen LogP contribution is 2.28. The second-order valence-corrected chi connectivity index (χ2v) is 4.22. The normalized spacial score (nSPS) is 13.0. The van der Waals surface area contributed by atoms with Gasteiger partial charge in [-0.1, -0.05) is 50.2 Å². The van der Waals surface area contributed by atoms with E-state index in [-0.39, 0.29) is 0 Å². The molecule has 2 aromatic rings. The van der Waals surface area contributed by atoms with E-state index in [2.05, 4.69) is 57.2 Å². The molecule has 0 saturated carbocycles. The van der Waals surface area contributed by atoms with Gasteiger partial charge in [0.15, 0.2) is 0 Å². The highest BCUT2D eigenvalue weighted by atomic mass is 14.1. The van der Waals surface area contributed by atoms with Crippen molar-refractivity contribution in [3.8, 4) is 0 Å². The third-order valence-electron chi connectivity index (χ3n) is 3.10. The van der Waals surface area contributed by atoms with E-state index in [0.717, 1.165) is 5.56 Å². The lowest BCUT2D eigenvalue weighted by molar-refractivity contribution is 0.739. The van der Waals surface area contributed by atoms with Crippen LogP contribution in [0.2, 0.25) is 0 Å². The zero-order chi connectivity index (χ0) is 10.8. The first kappa shape index (κ1) is 10.2. The molecule has 0 aliphatic carbocycles. The topological polar surface area (TPSA) is 0 Å². The van der Waals surface area contributed by atoms with Crippen molar-refractivity contribution < 1.29 is 0 Å². The maximum Gasteiger partial charge on any atom is -0.0149 e. The molecule has 15 heavy (non-hydrogen) atoms. The van der Waals surface area contributed by atoms with Gasteiger partial charge < -0.3 is 0 Å². The number of hydrogen-bond donors (Lipinski definition) is 0. The van der Waals surface area contributed by atoms with Crippen LogP contribution in [0, 0.1) is 6.92 Å². The van der Waals surface area contributed by atoms with Gasteiger partial charge in [-0.15, -0.1) is 0 Å². The Morgan fingerprint density at radius 2 is 1.93 bits per heavy atom. The molecule has 0 aromatic heterocycles. The molecule has 0 N–H and O–H groups in total. The Labute approximate surface area is 91.9 Å². The molecular formula is C15H17. The number of rotatable bonds is 2. The van der Waals surface area contributed by atoms with E-state index >= 15 is 0 Å². The quantitative estimate of drug-likeness (QED) is 0.663. The van der Waals surface area contributed by atoms with E-state index in [0.29, 0.717) is 5.92 Å². The highest BCUT2D eigenvalue weighted by molar-refractivity contribution is 5.87. The molecule has 0 bridgehead atoms. The maximum absolute atomic E-state index is 4.05. The van der Waals surface area contributed by atoms with E-state index in [1.54, 1.807) is 0 Å². The minimum absolute atomic E-state index is 0.608. The molecular weight excluding hydrogens is 180 g/mol. The number of benzene rings is 2. The van der Waals surface area contributed by atoms with Gasteiger partial charge in [0.25, 0.3) is 0 Å². The summed E-state index contributed by atoms with van der Waals surface area (Å²) in [6.45, 7) is 8.56. The summed E-state index contributed by atoms with van der Waals surface area (Å²) in [5.41, 5.74) is 2.55. The Bertz CT molecular complexity index is 468. The predicted octanol–water partition coefficient (Wildman–Crippen LogP) is 4.54. The monoisotopic (exact) mass is 197 g/mol. The Kier molecular flexibility index (Phi) is 2.77. The van der Waals surface area contributed by atoms with E-state index in [1.165, 1.54) is 22.8 Å². The Morgan fingerprint density at radius 3 is 2.67 bits per heavy atom. The molecule has 1 radical (unpaired) electrons. The second kappa shape index (κ2) is 4.06. The SMILES string of the molecule is [CH2]c1cc(C(C)CC)c2ccccc2c1. The van der Waals surface area contributed by atoms with Crippen LogP contribution >= 0.6 is 0 Å². The van der Waals surface area contributed by atoms with Crippen molar-refractivity contribution in [2.75, 3.05) is 0 Å². The van der Waals surface area contributed by atoms with Crippen LogP contribution < -0.4 is 0 Å². The number of hydrogen-bond acceptors (Lipinski definition) is 0. The van der Waals surface area contributed by atoms with E-state index in [1.807, 2.05) is 0 Å². The smallest absolute Gasteiger partial charge is 0.0149 e. The maximum atomic E-state index is 4.05. The van der Waals surface area contributed by atoms with Gasteiger partial charge in [0.05, 0.1) is 0 Å². The minimum atomic E-state index is 0.608. The summed E-state index contributed by atoms with van der Waals surface area (Å²) in [6, 6.07) is 12.9. The lowest BCUT2D eigenvalue weighted by Crippen LogP contribution is -1.93. The molecule has 1 unspecified atom stereocenters. The van der Waals surface area contributed by atoms with Gasteiger partial charge in [0, 0.05) is 0 Å². The summed E-state index contributed by atoms with van der Waals surface area (Å²) in [4.78, 5) is 0. The Balaban J connectivity index is 2.71. The molecule has 0 aliphatic heterocycles. The van der Waals surface area contributed by atoms with E-state index in [4.69, 9.17) is 0 Å². The van der Waals surface area contributed by atoms with Crippen LogP contribution in [0.1, 0.15) is 37.3 Å². The van der Waals surface area contributed by atoms with Gasteiger partial charge in [-0.05, 0) is 41.2 Å². The molecule has 2 rings (SSSR count). The predicted molar refractivity (Wildman–Crippen MR) is 67.1 cm³/mol. The summed E-state index contributed by atoms with van der Waals surface area (Å²) in [5.74, 6) is 0.608. The van der Waals surface area contributed by atoms with Crippen LogP contribution in [0.5, 0.6) is 0 Å². The standard InChI is InChI=1S/C15H17/c1-4-12(3)15-10-11(2)9-13-7-5-6-8-14(13)15/h5-10,12H,2,4H2,1,3H3. The van der Waals surface area contributed by atoms with Crippen LogP contribution in [0.25, 0.3) is 10.8 Å². The van der Waals surface area contributed by atoms with Gasteiger partial charge in [-0.2, -0.15) is 0 Å². The highest BCUT2D eigenvalue weighted by Gasteiger charge is 2.07. The van der Waals surface area contributed by atoms with Gasteiger partial charge in [-0.25, -0.2) is 0 Å². The average Bonchev–Trinajstić information content (AvgIpc) is 2.26. The van der Waals surface area contributed by atoms with Gasteiger partial charge in [-0.3, -0.25) is 0 Å². The Hall–Kier alpha value is -1.30. The van der Waals surface area contributed by atoms with Crippen molar-refractivity contribution >= 4 is 10.8 Å². The first-order chi connectivity index (χ1) is 7.22. The molecule has 0 fully saturated rings. The van der Waals surface area contributed by atoms with Crippen LogP contribution in [0.4, 0.5) is 0 Å². The van der Waals surface area contributed by atoms with Crippen LogP contribution in [0.3, 0.4) is 0 Å². The van der Waals surface area contributed by atoms with Crippen molar-refractivity contribution in [2.45, 2.75) is 26.2 Å². The average molecular weight is 197 g/mol. The zero-order valence-corrected chi connectivity index (χ0v) is 9.46. The molecule has 1 atom stereocenters. The molecule has 0 saturated heterocycles. The fraction of sp³-hybridized carbons (Fsp3) is 0.267. The lowest BCUT2D eigenvalue weighted by Gasteiger charge is -2.13. The van der Waals surface area contributed by atoms with Crippen molar-refractivity contribution in [2.24, 2.45) is 0 Å². The molecule has 0 heterocycles. The van der Waals surface area contributed by atoms with Gasteiger partial charge in [0.2, 0.25) is 0 Å². The number of fused-ring (bicyclic) bond motifs is 1. The molecule has 2 aromatic carbocycles. The van der Waals surface area contributed by atoms with Crippen LogP contribution in [-0.2, 0) is 0 Å². The van der Waals surface area contributed by atoms with E-state index in [9.17, 15) is 0 Å². The van der Waals surface area contributed by atoms with Crippen molar-refractivity contribution in [1.29, 1.82) is 0 Å². The fourth-order valence-corrected chi connectivity index (χ4v) is 2.03. The summed E-state index contributed by atoms with van der Waals surface area (Å²) < 4.78 is 0. The molecule has 0 amide bonds. The molecule has 0 aliphatic rings. The first-order valence-corrected chi connectivity index (χ1v) is 5.57. The lowest BCUT2D eigenvalue weighted by atomic mass is 9.91. The summed E-state index contributed by atoms with van der Waals surface area (Å²) >= 11 is 0. The van der Waals surface area contributed by atoms with Gasteiger partial charge in [0.1, 0.15) is 0 Å². The van der Waals surface area contributed by atoms with Crippen LogP contribution in [0.15, 0.2) is 36.4 Å². The third-order valence-corrected chi connectivity index (χ3v) is 3.10. The van der Waals surface area contributed by atoms with Gasteiger partial charge >= 0.3 is 0 Å². The summed E-state index contributed by atoms with van der Waals surface area (Å²) in [5, 5.41) is 2.68. The first-order valence-electron chi connectivity index (χ1n) is 5.57. The van der Waals surface area contributed by atoms with Crippen LogP contribution in [-0.4, -0.2) is 0 Å².